The number of nitrogens with zero attached hydrogens (tertiary/aromatic N) is 2. The van der Waals surface area contributed by atoms with Crippen LogP contribution >= 0.6 is 0 Å². The minimum Gasteiger partial charge on any atom is -0.355 e. The highest BCUT2D eigenvalue weighted by Crippen LogP contribution is 2.53. The highest BCUT2D eigenvalue weighted by Gasteiger charge is 2.51. The summed E-state index contributed by atoms with van der Waals surface area (Å²) in [5, 5.41) is 0. The molecular weight excluding hydrogens is 608 g/mol. The summed E-state index contributed by atoms with van der Waals surface area (Å²) in [6, 6.07) is 11.2. The van der Waals surface area contributed by atoms with Gasteiger partial charge in [-0.25, -0.2) is 9.97 Å². The third-order valence-electron chi connectivity index (χ3n) is 11.4. The molecule has 9 aliphatic carbocycles. The zero-order valence-corrected chi connectivity index (χ0v) is 25.0. The number of hydrogen-bond acceptors (Lipinski definition) is 8. The monoisotopic (exact) mass is 630 g/mol. The molecule has 2 aliphatic heterocycles. The molecule has 14 bridgehead atoms. The predicted molar refractivity (Wildman–Crippen MR) is 172 cm³/mol. The fourth-order valence-corrected chi connectivity index (χ4v) is 9.32. The van der Waals surface area contributed by atoms with E-state index >= 15 is 0 Å². The second kappa shape index (κ2) is 8.51. The molecule has 0 saturated heterocycles. The van der Waals surface area contributed by atoms with Crippen LogP contribution in [-0.4, -0.2) is 54.6 Å². The van der Waals surface area contributed by atoms with Crippen LogP contribution in [0.25, 0.3) is 44.4 Å². The van der Waals surface area contributed by atoms with Crippen LogP contribution in [0.2, 0.25) is 0 Å². The summed E-state index contributed by atoms with van der Waals surface area (Å²) in [5.74, 6) is -6.94. The van der Waals surface area contributed by atoms with E-state index < -0.39 is 58.6 Å². The lowest BCUT2D eigenvalue weighted by Crippen LogP contribution is -2.38. The summed E-state index contributed by atoms with van der Waals surface area (Å²) in [4.78, 5) is 95.9. The van der Waals surface area contributed by atoms with Gasteiger partial charge in [0.15, 0.2) is 0 Å². The summed E-state index contributed by atoms with van der Waals surface area (Å²) >= 11 is 0. The number of Topliss-reactive ketones (excluding diaryl/α,β-unsaturated/α-hetero) is 6. The first-order valence-corrected chi connectivity index (χ1v) is 16.1. The molecular formula is C38H22N4O6. The van der Waals surface area contributed by atoms with Crippen molar-refractivity contribution in [3.8, 4) is 0 Å². The number of fused-ring (bicyclic) bond motifs is 12. The van der Waals surface area contributed by atoms with Crippen LogP contribution in [0.5, 0.6) is 0 Å². The topological polar surface area (TPSA) is 160 Å². The predicted octanol–water partition coefficient (Wildman–Crippen LogP) is 4.16. The second-order valence-electron chi connectivity index (χ2n) is 13.7. The van der Waals surface area contributed by atoms with Gasteiger partial charge in [-0.3, -0.25) is 28.8 Å². The number of aromatic nitrogens is 4. The van der Waals surface area contributed by atoms with Gasteiger partial charge in [-0.2, -0.15) is 0 Å². The Bertz CT molecular complexity index is 2570. The van der Waals surface area contributed by atoms with Crippen LogP contribution in [0.3, 0.4) is 0 Å². The van der Waals surface area contributed by atoms with E-state index in [-0.39, 0.29) is 11.6 Å². The van der Waals surface area contributed by atoms with Gasteiger partial charge in [0.2, 0.25) is 34.7 Å². The number of nitrogens with one attached hydrogen (secondary N) is 2. The van der Waals surface area contributed by atoms with E-state index in [9.17, 15) is 28.8 Å². The molecule has 0 aromatic carbocycles. The van der Waals surface area contributed by atoms with Gasteiger partial charge in [-0.15, -0.1) is 0 Å². The lowest BCUT2D eigenvalue weighted by atomic mass is 9.66. The Labute approximate surface area is 270 Å². The van der Waals surface area contributed by atoms with Crippen molar-refractivity contribution in [3.05, 3.63) is 94.6 Å². The Morgan fingerprint density at radius 3 is 1.33 bits per heavy atom. The average molecular weight is 631 g/mol. The van der Waals surface area contributed by atoms with Crippen molar-refractivity contribution in [1.29, 1.82) is 0 Å². The van der Waals surface area contributed by atoms with Crippen LogP contribution < -0.4 is 0 Å². The molecule has 10 nitrogen and oxygen atoms in total. The summed E-state index contributed by atoms with van der Waals surface area (Å²) < 4.78 is 0. The molecule has 6 unspecified atom stereocenters. The molecule has 6 atom stereocenters. The fraction of sp³-hybridized carbons (Fsp3) is 0.211. The van der Waals surface area contributed by atoms with Crippen LogP contribution in [0.1, 0.15) is 58.6 Å². The molecule has 230 valence electrons. The maximum atomic E-state index is 13.2. The van der Waals surface area contributed by atoms with E-state index in [4.69, 9.17) is 9.97 Å². The van der Waals surface area contributed by atoms with E-state index in [1.807, 2.05) is 30.3 Å². The normalized spacial score (nSPS) is 29.0. The van der Waals surface area contributed by atoms with Gasteiger partial charge in [0, 0.05) is 22.1 Å². The second-order valence-corrected chi connectivity index (χ2v) is 13.7. The molecule has 10 heteroatoms. The lowest BCUT2D eigenvalue weighted by Gasteiger charge is -2.33. The number of carbonyl (C=O) groups is 6. The minimum absolute atomic E-state index is 0.364. The Hall–Kier alpha value is -5.90. The first-order valence-electron chi connectivity index (χ1n) is 16.1. The van der Waals surface area contributed by atoms with Gasteiger partial charge in [0.25, 0.3) is 0 Å². The van der Waals surface area contributed by atoms with Gasteiger partial charge in [-0.05, 0) is 82.7 Å². The maximum Gasteiger partial charge on any atom is 0.210 e. The SMILES string of the molecule is O=C1C(=O)C2C=CC1C1=C2c2cc3ccc(cc4[nH]c(cc5nc(cc1n2)C1=C5C2C=CC1C(=O)C2=O)c1c4C2CCC1C(=O)C2=O)[nH]3. The zero-order chi connectivity index (χ0) is 32.3. The first-order chi connectivity index (χ1) is 23.3. The van der Waals surface area contributed by atoms with Crippen molar-refractivity contribution < 1.29 is 28.8 Å². The molecule has 0 amide bonds. The van der Waals surface area contributed by atoms with Crippen LogP contribution in [0.15, 0.2) is 60.7 Å². The third kappa shape index (κ3) is 3.04. The van der Waals surface area contributed by atoms with Crippen molar-refractivity contribution >= 4 is 79.1 Å². The molecule has 48 heavy (non-hydrogen) atoms. The summed E-state index contributed by atoms with van der Waals surface area (Å²) in [6.07, 6.45) is 8.19. The number of aromatic amines is 2. The smallest absolute Gasteiger partial charge is 0.210 e. The Morgan fingerprint density at radius 1 is 0.458 bits per heavy atom. The van der Waals surface area contributed by atoms with Crippen molar-refractivity contribution in [2.45, 2.75) is 24.7 Å². The van der Waals surface area contributed by atoms with E-state index in [0.29, 0.717) is 68.9 Å². The highest BCUT2D eigenvalue weighted by molar-refractivity contribution is 6.48. The van der Waals surface area contributed by atoms with E-state index in [1.165, 1.54) is 0 Å². The number of rotatable bonds is 0. The van der Waals surface area contributed by atoms with Crippen LogP contribution in [-0.2, 0) is 28.8 Å². The highest BCUT2D eigenvalue weighted by atomic mass is 16.2. The third-order valence-corrected chi connectivity index (χ3v) is 11.4. The number of ketones is 6. The zero-order valence-electron chi connectivity index (χ0n) is 25.0. The molecule has 5 heterocycles. The first kappa shape index (κ1) is 26.2. The molecule has 0 radical (unpaired) electrons. The van der Waals surface area contributed by atoms with E-state index in [2.05, 4.69) is 9.97 Å². The van der Waals surface area contributed by atoms with Gasteiger partial charge >= 0.3 is 0 Å². The molecule has 0 spiro atoms. The summed E-state index contributed by atoms with van der Waals surface area (Å²) in [6.45, 7) is 0. The van der Waals surface area contributed by atoms with Crippen LogP contribution in [0, 0.1) is 23.7 Å². The summed E-state index contributed by atoms with van der Waals surface area (Å²) in [5.41, 5.74) is 9.01. The quantitative estimate of drug-likeness (QED) is 0.277. The molecule has 2 N–H and O–H groups in total. The molecule has 1 saturated carbocycles. The van der Waals surface area contributed by atoms with E-state index in [0.717, 1.165) is 22.2 Å². The molecule has 3 aromatic rings. The van der Waals surface area contributed by atoms with Gasteiger partial charge < -0.3 is 9.97 Å². The molecule has 11 aliphatic rings. The van der Waals surface area contributed by atoms with Crippen molar-refractivity contribution in [2.75, 3.05) is 0 Å². The largest absolute Gasteiger partial charge is 0.355 e. The minimum atomic E-state index is -0.814. The average Bonchev–Trinajstić information content (AvgIpc) is 3.86. The van der Waals surface area contributed by atoms with Crippen LogP contribution in [0.4, 0.5) is 0 Å². The molecule has 14 rings (SSSR count). The Kier molecular flexibility index (Phi) is 4.65. The van der Waals surface area contributed by atoms with E-state index in [1.54, 1.807) is 30.4 Å². The lowest BCUT2D eigenvalue weighted by molar-refractivity contribution is -0.140. The Balaban J connectivity index is 1.28. The van der Waals surface area contributed by atoms with Gasteiger partial charge in [0.1, 0.15) is 0 Å². The standard InChI is InChI=1S/C38H22N4O6/c43-33-15-3-5-17(35(33)45)29-23-11-25-31-19-7-8-20(38(48)37(19)47)32(31)26(42-25)12-24-30-18-6-4-16(34(44)36(18)46)28(30)22(41-24)10-14-2-1-13(39-14)9-21(40-23)27(15)29/h1-3,5,7-12,15-20,39,41H,4,6H2. The summed E-state index contributed by atoms with van der Waals surface area (Å²) in [7, 11) is 0. The van der Waals surface area contributed by atoms with Crippen molar-refractivity contribution in [2.24, 2.45) is 23.7 Å². The molecule has 3 aromatic heterocycles. The number of H-pyrrole nitrogens is 2. The van der Waals surface area contributed by atoms with Crippen molar-refractivity contribution in [1.82, 2.24) is 19.9 Å². The number of carbonyl (C=O) groups excluding carboxylic acids is 6. The van der Waals surface area contributed by atoms with Gasteiger partial charge in [0.05, 0.1) is 58.3 Å². The van der Waals surface area contributed by atoms with Crippen molar-refractivity contribution in [3.63, 3.8) is 0 Å². The Morgan fingerprint density at radius 2 is 0.854 bits per heavy atom. The maximum absolute atomic E-state index is 13.2. The van der Waals surface area contributed by atoms with Gasteiger partial charge in [-0.1, -0.05) is 24.3 Å². The molecule has 1 fully saturated rings. The fourth-order valence-electron chi connectivity index (χ4n) is 9.32. The number of hydrogen-bond donors (Lipinski definition) is 2. The number of allylic oxidation sites excluding steroid dienone is 8.